The summed E-state index contributed by atoms with van der Waals surface area (Å²) >= 11 is 1.57. The van der Waals surface area contributed by atoms with Crippen LogP contribution >= 0.6 is 11.8 Å². The summed E-state index contributed by atoms with van der Waals surface area (Å²) in [6.07, 6.45) is 5.48. The molecule has 0 unspecified atom stereocenters. The second kappa shape index (κ2) is 4.38. The maximum atomic E-state index is 4.54. The van der Waals surface area contributed by atoms with Crippen molar-refractivity contribution in [2.24, 2.45) is 7.05 Å². The first-order chi connectivity index (χ1) is 8.79. The van der Waals surface area contributed by atoms with Gasteiger partial charge < -0.3 is 4.57 Å². The van der Waals surface area contributed by atoms with Crippen molar-refractivity contribution < 1.29 is 0 Å². The third kappa shape index (κ3) is 1.74. The number of hydrogen-bond donors (Lipinski definition) is 0. The molecule has 0 saturated carbocycles. The van der Waals surface area contributed by atoms with E-state index in [-0.39, 0.29) is 0 Å². The Balaban J connectivity index is 2.22. The molecule has 0 aromatic carbocycles. The van der Waals surface area contributed by atoms with Gasteiger partial charge in [-0.3, -0.25) is 4.98 Å². The highest BCUT2D eigenvalue weighted by Gasteiger charge is 2.19. The molecule has 2 aliphatic heterocycles. The van der Waals surface area contributed by atoms with E-state index < -0.39 is 0 Å². The van der Waals surface area contributed by atoms with E-state index in [2.05, 4.69) is 19.9 Å². The first-order valence-corrected chi connectivity index (χ1v) is 6.66. The highest BCUT2D eigenvalue weighted by Crippen LogP contribution is 2.29. The number of aromatic nitrogens is 5. The van der Waals surface area contributed by atoms with E-state index in [1.165, 1.54) is 0 Å². The molecule has 0 aliphatic carbocycles. The van der Waals surface area contributed by atoms with Crippen molar-refractivity contribution in [1.29, 1.82) is 0 Å². The topological polar surface area (TPSA) is 56.5 Å². The van der Waals surface area contributed by atoms with Gasteiger partial charge in [-0.25, -0.2) is 15.0 Å². The van der Waals surface area contributed by atoms with Crippen LogP contribution in [0.1, 0.15) is 0 Å². The van der Waals surface area contributed by atoms with Crippen LogP contribution in [0.25, 0.3) is 23.0 Å². The zero-order valence-corrected chi connectivity index (χ0v) is 10.8. The molecule has 2 aliphatic rings. The van der Waals surface area contributed by atoms with E-state index in [1.807, 2.05) is 36.1 Å². The second-order valence-electron chi connectivity index (χ2n) is 3.80. The van der Waals surface area contributed by atoms with Crippen LogP contribution in [-0.4, -0.2) is 30.8 Å². The van der Waals surface area contributed by atoms with E-state index in [0.29, 0.717) is 5.82 Å². The Hall–Kier alpha value is -1.95. The molecule has 6 heteroatoms. The predicted octanol–water partition coefficient (Wildman–Crippen LogP) is 2.10. The molecule has 90 valence electrons. The van der Waals surface area contributed by atoms with Gasteiger partial charge in [-0.1, -0.05) is 6.07 Å². The van der Waals surface area contributed by atoms with E-state index in [0.717, 1.165) is 22.2 Å². The second-order valence-corrected chi connectivity index (χ2v) is 4.59. The van der Waals surface area contributed by atoms with Crippen molar-refractivity contribution in [3.8, 4) is 23.0 Å². The highest BCUT2D eigenvalue weighted by molar-refractivity contribution is 7.98. The van der Waals surface area contributed by atoms with Crippen LogP contribution in [0, 0.1) is 0 Å². The average Bonchev–Trinajstić information content (AvgIpc) is 2.86. The fourth-order valence-corrected chi connectivity index (χ4v) is 2.22. The van der Waals surface area contributed by atoms with Crippen LogP contribution in [0.4, 0.5) is 0 Å². The minimum Gasteiger partial charge on any atom is -0.318 e. The fraction of sp³-hybridized carbons (Fsp3) is 0.167. The molecule has 5 nitrogen and oxygen atoms in total. The lowest BCUT2D eigenvalue weighted by Gasteiger charge is -2.05. The number of aryl methyl sites for hydroxylation is 1. The number of pyridine rings is 1. The van der Waals surface area contributed by atoms with Gasteiger partial charge >= 0.3 is 0 Å². The molecule has 1 aromatic heterocycles. The molecule has 0 spiro atoms. The molecule has 0 fully saturated rings. The maximum Gasteiger partial charge on any atom is 0.181 e. The van der Waals surface area contributed by atoms with E-state index in [9.17, 15) is 0 Å². The van der Waals surface area contributed by atoms with Crippen LogP contribution in [-0.2, 0) is 7.05 Å². The lowest BCUT2D eigenvalue weighted by Crippen LogP contribution is -2.00. The third-order valence-corrected chi connectivity index (χ3v) is 3.30. The van der Waals surface area contributed by atoms with Crippen LogP contribution in [0.2, 0.25) is 0 Å². The van der Waals surface area contributed by atoms with Gasteiger partial charge in [-0.05, 0) is 18.4 Å². The predicted molar refractivity (Wildman–Crippen MR) is 70.4 cm³/mol. The molecule has 3 rings (SSSR count). The normalized spacial score (nSPS) is 11.0. The SMILES string of the molecule is CSc1ncn(C)c2nc(-c3ccccn3)nc1-2. The highest BCUT2D eigenvalue weighted by atomic mass is 32.2. The maximum absolute atomic E-state index is 4.54. The first-order valence-electron chi connectivity index (χ1n) is 5.44. The summed E-state index contributed by atoms with van der Waals surface area (Å²) < 4.78 is 1.87. The Morgan fingerprint density at radius 1 is 1.17 bits per heavy atom. The van der Waals surface area contributed by atoms with Gasteiger partial charge in [0.05, 0.1) is 6.33 Å². The quantitative estimate of drug-likeness (QED) is 0.520. The molecular weight excluding hydrogens is 246 g/mol. The fourth-order valence-electron chi connectivity index (χ4n) is 1.74. The Kier molecular flexibility index (Phi) is 2.71. The Morgan fingerprint density at radius 2 is 2.06 bits per heavy atom. The standard InChI is InChI=1S/C12H11N5S/c1-17-7-14-12(18-2)9-11(17)16-10(15-9)8-5-3-4-6-13-8/h3-7H,1-2H3. The van der Waals surface area contributed by atoms with Crippen LogP contribution < -0.4 is 0 Å². The molecule has 0 radical (unpaired) electrons. The number of imidazole rings is 1. The smallest absolute Gasteiger partial charge is 0.181 e. The number of rotatable bonds is 2. The monoisotopic (exact) mass is 257 g/mol. The van der Waals surface area contributed by atoms with E-state index in [4.69, 9.17) is 0 Å². The summed E-state index contributed by atoms with van der Waals surface area (Å²) in [6.45, 7) is 0. The first kappa shape index (κ1) is 11.2. The minimum absolute atomic E-state index is 0.643. The number of thioether (sulfide) groups is 1. The van der Waals surface area contributed by atoms with E-state index >= 15 is 0 Å². The Morgan fingerprint density at radius 3 is 2.78 bits per heavy atom. The van der Waals surface area contributed by atoms with Crippen LogP contribution in [0.3, 0.4) is 0 Å². The van der Waals surface area contributed by atoms with Crippen molar-refractivity contribution in [1.82, 2.24) is 24.5 Å². The Labute approximate surface area is 109 Å². The van der Waals surface area contributed by atoms with Crippen LogP contribution in [0.5, 0.6) is 0 Å². The van der Waals surface area contributed by atoms with Gasteiger partial charge in [-0.2, -0.15) is 0 Å². The van der Waals surface area contributed by atoms with Gasteiger partial charge in [0.15, 0.2) is 11.6 Å². The lowest BCUT2D eigenvalue weighted by molar-refractivity contribution is 0.823. The molecule has 18 heavy (non-hydrogen) atoms. The molecule has 0 bridgehead atoms. The summed E-state index contributed by atoms with van der Waals surface area (Å²) in [4.78, 5) is 17.7. The van der Waals surface area contributed by atoms with Crippen molar-refractivity contribution in [2.75, 3.05) is 6.26 Å². The zero-order chi connectivity index (χ0) is 12.5. The molecule has 0 N–H and O–H groups in total. The van der Waals surface area contributed by atoms with Crippen molar-refractivity contribution in [3.63, 3.8) is 0 Å². The number of nitrogens with zero attached hydrogens (tertiary/aromatic N) is 5. The zero-order valence-electron chi connectivity index (χ0n) is 10.0. The summed E-state index contributed by atoms with van der Waals surface area (Å²) in [6, 6.07) is 5.71. The molecule has 3 heterocycles. The molecule has 0 amide bonds. The molecule has 1 aromatic rings. The van der Waals surface area contributed by atoms with Gasteiger partial charge in [0.1, 0.15) is 16.4 Å². The van der Waals surface area contributed by atoms with Crippen molar-refractivity contribution in [2.45, 2.75) is 5.03 Å². The minimum atomic E-state index is 0.643. The van der Waals surface area contributed by atoms with Crippen LogP contribution in [0.15, 0.2) is 35.7 Å². The van der Waals surface area contributed by atoms with Gasteiger partial charge in [0.2, 0.25) is 0 Å². The van der Waals surface area contributed by atoms with E-state index in [1.54, 1.807) is 24.3 Å². The van der Waals surface area contributed by atoms with Crippen molar-refractivity contribution >= 4 is 11.8 Å². The average molecular weight is 257 g/mol. The summed E-state index contributed by atoms with van der Waals surface area (Å²) in [5, 5.41) is 0.887. The largest absolute Gasteiger partial charge is 0.318 e. The lowest BCUT2D eigenvalue weighted by atomic mass is 10.3. The summed E-state index contributed by atoms with van der Waals surface area (Å²) in [5.74, 6) is 1.47. The molecule has 0 atom stereocenters. The molecule has 0 saturated heterocycles. The van der Waals surface area contributed by atoms with Gasteiger partial charge in [0, 0.05) is 13.2 Å². The number of fused-ring (bicyclic) bond motifs is 1. The molecular formula is C12H11N5S. The number of hydrogen-bond acceptors (Lipinski definition) is 5. The summed E-state index contributed by atoms with van der Waals surface area (Å²) in [7, 11) is 1.91. The van der Waals surface area contributed by atoms with Gasteiger partial charge in [-0.15, -0.1) is 11.8 Å². The Bertz CT molecular complexity index is 649. The summed E-state index contributed by atoms with van der Waals surface area (Å²) in [5.41, 5.74) is 1.61. The third-order valence-electron chi connectivity index (χ3n) is 2.61. The van der Waals surface area contributed by atoms with Crippen molar-refractivity contribution in [3.05, 3.63) is 30.7 Å². The van der Waals surface area contributed by atoms with Gasteiger partial charge in [0.25, 0.3) is 0 Å².